The van der Waals surface area contributed by atoms with Gasteiger partial charge in [-0.25, -0.2) is 9.67 Å². The van der Waals surface area contributed by atoms with Crippen LogP contribution in [-0.2, 0) is 0 Å². The van der Waals surface area contributed by atoms with Crippen molar-refractivity contribution in [3.63, 3.8) is 0 Å². The lowest BCUT2D eigenvalue weighted by Gasteiger charge is -2.22. The molecule has 2 N–H and O–H groups in total. The number of amides is 1. The molecule has 0 aromatic carbocycles. The highest BCUT2D eigenvalue weighted by molar-refractivity contribution is 5.94. The first kappa shape index (κ1) is 13.8. The third kappa shape index (κ3) is 2.67. The molecule has 0 radical (unpaired) electrons. The number of hydrogen-bond acceptors (Lipinski definition) is 4. The van der Waals surface area contributed by atoms with Gasteiger partial charge < -0.3 is 10.6 Å². The van der Waals surface area contributed by atoms with Crippen LogP contribution >= 0.6 is 0 Å². The average Bonchev–Trinajstić information content (AvgIpc) is 3.17. The molecule has 1 fully saturated rings. The summed E-state index contributed by atoms with van der Waals surface area (Å²) < 4.78 is 1.64. The first-order chi connectivity index (χ1) is 10.1. The molecule has 3 rings (SSSR count). The lowest BCUT2D eigenvalue weighted by molar-refractivity contribution is 0.0776. The van der Waals surface area contributed by atoms with E-state index in [-0.39, 0.29) is 11.3 Å². The number of nitrogens with two attached hydrogens (primary N) is 1. The molecule has 6 nitrogen and oxygen atoms in total. The molecule has 1 aliphatic heterocycles. The molecule has 3 heterocycles. The number of hydrogen-bond donors (Lipinski definition) is 1. The summed E-state index contributed by atoms with van der Waals surface area (Å²) in [5.74, 6) is 0.676. The van der Waals surface area contributed by atoms with Crippen LogP contribution in [0.15, 0.2) is 36.8 Å². The van der Waals surface area contributed by atoms with Gasteiger partial charge in [0.2, 0.25) is 0 Å². The molecule has 1 atom stereocenters. The minimum atomic E-state index is 0.0305. The zero-order valence-electron chi connectivity index (χ0n) is 12.1. The van der Waals surface area contributed by atoms with Crippen molar-refractivity contribution in [1.82, 2.24) is 19.7 Å². The number of aromatic nitrogens is 3. The van der Waals surface area contributed by atoms with E-state index < -0.39 is 0 Å². The van der Waals surface area contributed by atoms with Crippen molar-refractivity contribution < 1.29 is 4.79 Å². The highest BCUT2D eigenvalue weighted by Crippen LogP contribution is 2.29. The number of nitrogens with zero attached hydrogens (tertiary/aromatic N) is 4. The Morgan fingerprint density at radius 1 is 1.48 bits per heavy atom. The summed E-state index contributed by atoms with van der Waals surface area (Å²) in [4.78, 5) is 18.7. The van der Waals surface area contributed by atoms with Crippen molar-refractivity contribution in [2.45, 2.75) is 13.3 Å². The van der Waals surface area contributed by atoms with Gasteiger partial charge in [0.1, 0.15) is 0 Å². The number of rotatable bonds is 3. The summed E-state index contributed by atoms with van der Waals surface area (Å²) in [6, 6.07) is 5.34. The van der Waals surface area contributed by atoms with Gasteiger partial charge in [0.05, 0.1) is 0 Å². The second-order valence-corrected chi connectivity index (χ2v) is 5.84. The average molecular weight is 285 g/mol. The molecule has 1 unspecified atom stereocenters. The van der Waals surface area contributed by atoms with Gasteiger partial charge in [-0.15, -0.1) is 0 Å². The second kappa shape index (κ2) is 5.29. The number of carbonyl (C=O) groups is 1. The predicted octanol–water partition coefficient (Wildman–Crippen LogP) is 1.08. The zero-order chi connectivity index (χ0) is 14.9. The van der Waals surface area contributed by atoms with E-state index in [1.807, 2.05) is 11.0 Å². The molecular formula is C15H19N5O. The van der Waals surface area contributed by atoms with E-state index in [1.54, 1.807) is 35.4 Å². The van der Waals surface area contributed by atoms with Crippen molar-refractivity contribution >= 4 is 5.91 Å². The molecule has 1 amide bonds. The minimum absolute atomic E-state index is 0.0305. The van der Waals surface area contributed by atoms with Gasteiger partial charge in [0, 0.05) is 37.2 Å². The first-order valence-electron chi connectivity index (χ1n) is 7.07. The summed E-state index contributed by atoms with van der Waals surface area (Å²) in [6.45, 7) is 4.20. The van der Waals surface area contributed by atoms with Crippen molar-refractivity contribution in [2.75, 3.05) is 19.6 Å². The van der Waals surface area contributed by atoms with E-state index in [0.29, 0.717) is 24.5 Å². The molecular weight excluding hydrogens is 266 g/mol. The Hall–Kier alpha value is -2.21. The van der Waals surface area contributed by atoms with Crippen LogP contribution in [0.5, 0.6) is 0 Å². The van der Waals surface area contributed by atoms with Crippen LogP contribution < -0.4 is 5.73 Å². The minimum Gasteiger partial charge on any atom is -0.338 e. The fourth-order valence-electron chi connectivity index (χ4n) is 2.63. The predicted molar refractivity (Wildman–Crippen MR) is 79.0 cm³/mol. The fraction of sp³-hybridized carbons (Fsp3) is 0.400. The molecule has 6 heteroatoms. The first-order valence-corrected chi connectivity index (χ1v) is 7.07. The van der Waals surface area contributed by atoms with Crippen LogP contribution in [0, 0.1) is 5.41 Å². The Bertz CT molecular complexity index is 639. The van der Waals surface area contributed by atoms with Crippen LogP contribution in [-0.4, -0.2) is 45.2 Å². The summed E-state index contributed by atoms with van der Waals surface area (Å²) in [5, 5.41) is 4.13. The van der Waals surface area contributed by atoms with Gasteiger partial charge in [-0.05, 0) is 36.6 Å². The van der Waals surface area contributed by atoms with E-state index in [4.69, 9.17) is 5.73 Å². The third-order valence-electron chi connectivity index (χ3n) is 4.07. The fourth-order valence-corrected chi connectivity index (χ4v) is 2.63. The van der Waals surface area contributed by atoms with E-state index in [1.165, 1.54) is 0 Å². The van der Waals surface area contributed by atoms with Crippen molar-refractivity contribution in [3.05, 3.63) is 42.4 Å². The van der Waals surface area contributed by atoms with Crippen LogP contribution in [0.3, 0.4) is 0 Å². The maximum absolute atomic E-state index is 12.6. The highest BCUT2D eigenvalue weighted by atomic mass is 16.2. The molecule has 0 aliphatic carbocycles. The maximum Gasteiger partial charge on any atom is 0.254 e. The lowest BCUT2D eigenvalue weighted by atomic mass is 9.90. The van der Waals surface area contributed by atoms with E-state index in [2.05, 4.69) is 17.0 Å². The standard InChI is InChI=1S/C15H19N5O/c1-15(10-16)4-8-19(11-15)14(21)12-3-6-17-13(9-12)20-7-2-5-18-20/h2-3,5-7,9H,4,8,10-11,16H2,1H3. The van der Waals surface area contributed by atoms with Crippen LogP contribution in [0.2, 0.25) is 0 Å². The monoisotopic (exact) mass is 285 g/mol. The largest absolute Gasteiger partial charge is 0.338 e. The summed E-state index contributed by atoms with van der Waals surface area (Å²) in [7, 11) is 0. The molecule has 2 aromatic heterocycles. The van der Waals surface area contributed by atoms with Crippen LogP contribution in [0.25, 0.3) is 5.82 Å². The van der Waals surface area contributed by atoms with Crippen molar-refractivity contribution in [3.8, 4) is 5.82 Å². The molecule has 1 aliphatic rings. The van der Waals surface area contributed by atoms with E-state index in [0.717, 1.165) is 13.0 Å². The van der Waals surface area contributed by atoms with Crippen molar-refractivity contribution in [1.29, 1.82) is 0 Å². The molecule has 0 saturated carbocycles. The van der Waals surface area contributed by atoms with Crippen LogP contribution in [0.4, 0.5) is 0 Å². The van der Waals surface area contributed by atoms with Gasteiger partial charge in [0.25, 0.3) is 5.91 Å². The summed E-state index contributed by atoms with van der Waals surface area (Å²) >= 11 is 0. The van der Waals surface area contributed by atoms with Gasteiger partial charge in [-0.2, -0.15) is 5.10 Å². The highest BCUT2D eigenvalue weighted by Gasteiger charge is 2.35. The molecule has 21 heavy (non-hydrogen) atoms. The maximum atomic E-state index is 12.6. The second-order valence-electron chi connectivity index (χ2n) is 5.84. The lowest BCUT2D eigenvalue weighted by Crippen LogP contribution is -2.34. The Kier molecular flexibility index (Phi) is 3.47. The molecule has 110 valence electrons. The topological polar surface area (TPSA) is 77.0 Å². The number of likely N-dealkylation sites (tertiary alicyclic amines) is 1. The summed E-state index contributed by atoms with van der Waals surface area (Å²) in [6.07, 6.45) is 6.08. The van der Waals surface area contributed by atoms with Crippen molar-refractivity contribution in [2.24, 2.45) is 11.1 Å². The molecule has 1 saturated heterocycles. The Balaban J connectivity index is 1.81. The van der Waals surface area contributed by atoms with Crippen LogP contribution in [0.1, 0.15) is 23.7 Å². The van der Waals surface area contributed by atoms with Gasteiger partial charge in [0.15, 0.2) is 5.82 Å². The number of carbonyl (C=O) groups excluding carboxylic acids is 1. The quantitative estimate of drug-likeness (QED) is 0.915. The zero-order valence-corrected chi connectivity index (χ0v) is 12.1. The molecule has 0 bridgehead atoms. The SMILES string of the molecule is CC1(CN)CCN(C(=O)c2ccnc(-n3cccn3)c2)C1. The Labute approximate surface area is 123 Å². The Morgan fingerprint density at radius 3 is 3.00 bits per heavy atom. The smallest absolute Gasteiger partial charge is 0.254 e. The normalized spacial score (nSPS) is 21.7. The van der Waals surface area contributed by atoms with Gasteiger partial charge in [-0.3, -0.25) is 4.79 Å². The van der Waals surface area contributed by atoms with E-state index >= 15 is 0 Å². The number of pyridine rings is 1. The Morgan fingerprint density at radius 2 is 2.33 bits per heavy atom. The van der Waals surface area contributed by atoms with Gasteiger partial charge >= 0.3 is 0 Å². The third-order valence-corrected chi connectivity index (χ3v) is 4.07. The summed E-state index contributed by atoms with van der Waals surface area (Å²) in [5.41, 5.74) is 6.47. The van der Waals surface area contributed by atoms with Gasteiger partial charge in [-0.1, -0.05) is 6.92 Å². The molecule has 0 spiro atoms. The van der Waals surface area contributed by atoms with E-state index in [9.17, 15) is 4.79 Å². The molecule has 2 aromatic rings.